The third kappa shape index (κ3) is 4.49. The maximum absolute atomic E-state index is 12.1. The second-order valence-corrected chi connectivity index (χ2v) is 6.20. The lowest BCUT2D eigenvalue weighted by atomic mass is 10.1. The number of amides is 6. The van der Waals surface area contributed by atoms with Gasteiger partial charge in [-0.05, 0) is 37.5 Å². The molecule has 1 fully saturated rings. The van der Waals surface area contributed by atoms with Crippen molar-refractivity contribution in [1.29, 1.82) is 0 Å². The summed E-state index contributed by atoms with van der Waals surface area (Å²) in [7, 11) is 0. The Balaban J connectivity index is 1.88. The first-order chi connectivity index (χ1) is 12.8. The van der Waals surface area contributed by atoms with Gasteiger partial charge < -0.3 is 10.6 Å². The van der Waals surface area contributed by atoms with Crippen molar-refractivity contribution in [3.05, 3.63) is 29.3 Å². The topological polar surface area (TPSA) is 116 Å². The number of carbonyl (C=O) groups excluding carboxylic acids is 5. The van der Waals surface area contributed by atoms with Crippen molar-refractivity contribution in [2.45, 2.75) is 27.2 Å². The molecule has 6 amide bonds. The molecule has 0 unspecified atom stereocenters. The molecule has 144 valence electrons. The maximum Gasteiger partial charge on any atom is 0.334 e. The molecule has 1 heterocycles. The van der Waals surface area contributed by atoms with E-state index in [1.54, 1.807) is 19.1 Å². The Morgan fingerprint density at radius 1 is 1.00 bits per heavy atom. The number of carbonyl (C=O) groups is 5. The average Bonchev–Trinajstić information content (AvgIpc) is 2.82. The molecule has 9 heteroatoms. The van der Waals surface area contributed by atoms with E-state index in [0.717, 1.165) is 16.0 Å². The van der Waals surface area contributed by atoms with Crippen LogP contribution in [0.4, 0.5) is 10.5 Å². The van der Waals surface area contributed by atoms with Gasteiger partial charge in [-0.1, -0.05) is 19.1 Å². The van der Waals surface area contributed by atoms with Crippen molar-refractivity contribution >= 4 is 35.3 Å². The summed E-state index contributed by atoms with van der Waals surface area (Å²) in [6.07, 6.45) is 0.503. The zero-order valence-corrected chi connectivity index (χ0v) is 15.5. The molecule has 2 N–H and O–H groups in total. The highest BCUT2D eigenvalue weighted by Crippen LogP contribution is 2.17. The Morgan fingerprint density at radius 3 is 2.33 bits per heavy atom. The molecule has 1 aliphatic rings. The van der Waals surface area contributed by atoms with E-state index >= 15 is 0 Å². The zero-order valence-electron chi connectivity index (χ0n) is 15.5. The Bertz CT molecular complexity index is 805. The summed E-state index contributed by atoms with van der Waals surface area (Å²) in [5, 5.41) is 5.02. The molecule has 0 aliphatic carbocycles. The number of benzene rings is 1. The van der Waals surface area contributed by atoms with Crippen molar-refractivity contribution in [2.24, 2.45) is 0 Å². The Labute approximate surface area is 156 Å². The number of nitrogens with one attached hydrogen (secondary N) is 2. The van der Waals surface area contributed by atoms with Crippen LogP contribution in [0.3, 0.4) is 0 Å². The summed E-state index contributed by atoms with van der Waals surface area (Å²) in [6, 6.07) is 4.65. The van der Waals surface area contributed by atoms with Crippen LogP contribution in [0.2, 0.25) is 0 Å². The van der Waals surface area contributed by atoms with E-state index in [0.29, 0.717) is 17.0 Å². The van der Waals surface area contributed by atoms with Crippen LogP contribution in [0.1, 0.15) is 24.5 Å². The summed E-state index contributed by atoms with van der Waals surface area (Å²) in [4.78, 5) is 61.0. The SMILES string of the molecule is CCCN1C(=O)C(=O)N(CC(=O)NCC(=O)Nc2cccc(C)c2C)C1=O. The minimum atomic E-state index is -1.04. The van der Waals surface area contributed by atoms with Gasteiger partial charge in [-0.3, -0.25) is 24.1 Å². The summed E-state index contributed by atoms with van der Waals surface area (Å²) in [5.74, 6) is -3.13. The Kier molecular flexibility index (Phi) is 6.27. The van der Waals surface area contributed by atoms with Gasteiger partial charge in [0.1, 0.15) is 6.54 Å². The van der Waals surface area contributed by atoms with Crippen molar-refractivity contribution < 1.29 is 24.0 Å². The number of nitrogens with zero attached hydrogens (tertiary/aromatic N) is 2. The monoisotopic (exact) mass is 374 g/mol. The van der Waals surface area contributed by atoms with Gasteiger partial charge >= 0.3 is 17.8 Å². The van der Waals surface area contributed by atoms with E-state index in [1.165, 1.54) is 0 Å². The fourth-order valence-electron chi connectivity index (χ4n) is 2.57. The smallest absolute Gasteiger partial charge is 0.334 e. The summed E-state index contributed by atoms with van der Waals surface area (Å²) in [6.45, 7) is 4.72. The third-order valence-electron chi connectivity index (χ3n) is 4.21. The maximum atomic E-state index is 12.1. The fourth-order valence-corrected chi connectivity index (χ4v) is 2.57. The molecule has 1 aliphatic heterocycles. The molecule has 0 saturated carbocycles. The lowest BCUT2D eigenvalue weighted by Crippen LogP contribution is -2.43. The molecule has 1 aromatic rings. The molecule has 0 atom stereocenters. The zero-order chi connectivity index (χ0) is 20.1. The van der Waals surface area contributed by atoms with Crippen LogP contribution in [0.25, 0.3) is 0 Å². The van der Waals surface area contributed by atoms with Crippen molar-refractivity contribution in [3.8, 4) is 0 Å². The fraction of sp³-hybridized carbons (Fsp3) is 0.389. The van der Waals surface area contributed by atoms with E-state index in [4.69, 9.17) is 0 Å². The Morgan fingerprint density at radius 2 is 1.67 bits per heavy atom. The minimum Gasteiger partial charge on any atom is -0.345 e. The van der Waals surface area contributed by atoms with Gasteiger partial charge in [-0.2, -0.15) is 0 Å². The van der Waals surface area contributed by atoms with E-state index in [2.05, 4.69) is 10.6 Å². The molecule has 0 spiro atoms. The first kappa shape index (κ1) is 20.1. The number of urea groups is 1. The summed E-state index contributed by atoms with van der Waals surface area (Å²) in [5.41, 5.74) is 2.57. The standard InChI is InChI=1S/C18H22N4O5/c1-4-8-21-16(25)17(26)22(18(21)27)10-15(24)19-9-14(23)20-13-7-5-6-11(2)12(13)3/h5-7H,4,8-10H2,1-3H3,(H,19,24)(H,20,23). The number of hydrogen-bond acceptors (Lipinski definition) is 5. The lowest BCUT2D eigenvalue weighted by molar-refractivity contribution is -0.144. The molecule has 1 saturated heterocycles. The van der Waals surface area contributed by atoms with Crippen LogP contribution in [0.5, 0.6) is 0 Å². The number of hydrogen-bond donors (Lipinski definition) is 2. The first-order valence-electron chi connectivity index (χ1n) is 8.56. The van der Waals surface area contributed by atoms with Crippen LogP contribution in [0, 0.1) is 13.8 Å². The van der Waals surface area contributed by atoms with Crippen LogP contribution >= 0.6 is 0 Å². The summed E-state index contributed by atoms with van der Waals surface area (Å²) < 4.78 is 0. The second-order valence-electron chi connectivity index (χ2n) is 6.20. The van der Waals surface area contributed by atoms with E-state index in [1.807, 2.05) is 19.9 Å². The molecule has 9 nitrogen and oxygen atoms in total. The molecule has 1 aromatic carbocycles. The molecule has 0 bridgehead atoms. The van der Waals surface area contributed by atoms with Crippen molar-refractivity contribution in [2.75, 3.05) is 25.0 Å². The minimum absolute atomic E-state index is 0.111. The molecular formula is C18H22N4O5. The average molecular weight is 374 g/mol. The number of anilines is 1. The highest BCUT2D eigenvalue weighted by Gasteiger charge is 2.44. The van der Waals surface area contributed by atoms with Crippen molar-refractivity contribution in [1.82, 2.24) is 15.1 Å². The van der Waals surface area contributed by atoms with Crippen LogP contribution in [-0.2, 0) is 19.2 Å². The van der Waals surface area contributed by atoms with Gasteiger partial charge in [0.2, 0.25) is 11.8 Å². The van der Waals surface area contributed by atoms with E-state index in [-0.39, 0.29) is 13.1 Å². The predicted molar refractivity (Wildman–Crippen MR) is 96.7 cm³/mol. The van der Waals surface area contributed by atoms with Crippen LogP contribution in [-0.4, -0.2) is 59.1 Å². The highest BCUT2D eigenvalue weighted by atomic mass is 16.2. The molecular weight excluding hydrogens is 352 g/mol. The number of rotatable bonds is 7. The third-order valence-corrected chi connectivity index (χ3v) is 4.21. The molecule has 0 radical (unpaired) electrons. The predicted octanol–water partition coefficient (Wildman–Crippen LogP) is 0.559. The molecule has 0 aromatic heterocycles. The summed E-state index contributed by atoms with van der Waals surface area (Å²) >= 11 is 0. The highest BCUT2D eigenvalue weighted by molar-refractivity contribution is 6.45. The Hall–Kier alpha value is -3.23. The van der Waals surface area contributed by atoms with Gasteiger partial charge in [0.25, 0.3) is 0 Å². The lowest BCUT2D eigenvalue weighted by Gasteiger charge is -2.15. The largest absolute Gasteiger partial charge is 0.345 e. The van der Waals surface area contributed by atoms with Crippen LogP contribution < -0.4 is 10.6 Å². The van der Waals surface area contributed by atoms with E-state index in [9.17, 15) is 24.0 Å². The van der Waals surface area contributed by atoms with E-state index < -0.39 is 36.2 Å². The van der Waals surface area contributed by atoms with Crippen LogP contribution in [0.15, 0.2) is 18.2 Å². The normalized spacial score (nSPS) is 14.0. The first-order valence-corrected chi connectivity index (χ1v) is 8.56. The molecule has 2 rings (SSSR count). The quantitative estimate of drug-likeness (QED) is 0.534. The number of imide groups is 2. The van der Waals surface area contributed by atoms with Crippen molar-refractivity contribution in [3.63, 3.8) is 0 Å². The number of aryl methyl sites for hydroxylation is 1. The second kappa shape index (κ2) is 8.43. The molecule has 27 heavy (non-hydrogen) atoms. The van der Waals surface area contributed by atoms with Gasteiger partial charge in [-0.25, -0.2) is 9.69 Å². The van der Waals surface area contributed by atoms with Gasteiger partial charge in [0.05, 0.1) is 6.54 Å². The van der Waals surface area contributed by atoms with Gasteiger partial charge in [0.15, 0.2) is 0 Å². The van der Waals surface area contributed by atoms with Gasteiger partial charge in [0, 0.05) is 12.2 Å². The van der Waals surface area contributed by atoms with Gasteiger partial charge in [-0.15, -0.1) is 0 Å².